The molecule has 0 spiro atoms. The highest BCUT2D eigenvalue weighted by Gasteiger charge is 2.22. The summed E-state index contributed by atoms with van der Waals surface area (Å²) >= 11 is 0.991. The van der Waals surface area contributed by atoms with E-state index in [0.717, 1.165) is 17.4 Å². The number of ether oxygens (including phenoxy) is 2. The van der Waals surface area contributed by atoms with Crippen LogP contribution in [-0.2, 0) is 4.74 Å². The summed E-state index contributed by atoms with van der Waals surface area (Å²) in [5.74, 6) is -1.46. The maximum atomic E-state index is 13.6. The first-order chi connectivity index (χ1) is 13.5. The summed E-state index contributed by atoms with van der Waals surface area (Å²) in [4.78, 5) is 29.6. The topological polar surface area (TPSA) is 77.5 Å². The van der Waals surface area contributed by atoms with Crippen molar-refractivity contribution in [2.45, 2.75) is 6.92 Å². The first-order valence-electron chi connectivity index (χ1n) is 8.41. The number of carbonyl (C=O) groups is 2. The molecule has 0 fully saturated rings. The highest BCUT2D eigenvalue weighted by molar-refractivity contribution is 7.18. The van der Waals surface area contributed by atoms with Crippen LogP contribution in [0.4, 0.5) is 9.52 Å². The van der Waals surface area contributed by atoms with E-state index < -0.39 is 17.7 Å². The maximum Gasteiger partial charge on any atom is 0.350 e. The third-order valence-electron chi connectivity index (χ3n) is 3.76. The van der Waals surface area contributed by atoms with Crippen LogP contribution in [0.15, 0.2) is 48.5 Å². The number of rotatable bonds is 6. The van der Waals surface area contributed by atoms with Gasteiger partial charge in [0, 0.05) is 5.56 Å². The molecule has 144 valence electrons. The monoisotopic (exact) mass is 400 g/mol. The van der Waals surface area contributed by atoms with Gasteiger partial charge in [-0.3, -0.25) is 10.1 Å². The summed E-state index contributed by atoms with van der Waals surface area (Å²) in [5.41, 5.74) is 1.15. The molecule has 0 aliphatic heterocycles. The van der Waals surface area contributed by atoms with E-state index in [1.807, 2.05) is 18.2 Å². The lowest BCUT2D eigenvalue weighted by Gasteiger charge is -2.07. The molecule has 0 atom stereocenters. The third-order valence-corrected chi connectivity index (χ3v) is 4.71. The molecule has 8 heteroatoms. The van der Waals surface area contributed by atoms with E-state index in [9.17, 15) is 14.0 Å². The van der Waals surface area contributed by atoms with Crippen molar-refractivity contribution >= 4 is 28.3 Å². The Hall–Kier alpha value is -3.26. The molecular formula is C20H17FN2O4S. The predicted octanol–water partition coefficient (Wildman–Crippen LogP) is 4.39. The van der Waals surface area contributed by atoms with Crippen molar-refractivity contribution in [3.05, 3.63) is 64.8 Å². The summed E-state index contributed by atoms with van der Waals surface area (Å²) < 4.78 is 23.8. The molecule has 6 nitrogen and oxygen atoms in total. The van der Waals surface area contributed by atoms with Gasteiger partial charge < -0.3 is 9.47 Å². The first kappa shape index (κ1) is 19.5. The van der Waals surface area contributed by atoms with Crippen molar-refractivity contribution in [3.8, 4) is 17.0 Å². The van der Waals surface area contributed by atoms with Gasteiger partial charge in [-0.1, -0.05) is 41.7 Å². The number of halogens is 1. The molecule has 28 heavy (non-hydrogen) atoms. The molecule has 0 aliphatic rings. The molecule has 1 amide bonds. The molecule has 0 saturated carbocycles. The number of anilines is 1. The maximum absolute atomic E-state index is 13.6. The van der Waals surface area contributed by atoms with Gasteiger partial charge in [-0.15, -0.1) is 0 Å². The summed E-state index contributed by atoms with van der Waals surface area (Å²) in [7, 11) is 1.39. The first-order valence-corrected chi connectivity index (χ1v) is 9.23. The number of nitrogens with one attached hydrogen (secondary N) is 1. The third kappa shape index (κ3) is 4.17. The normalized spacial score (nSPS) is 10.4. The Morgan fingerprint density at radius 2 is 1.93 bits per heavy atom. The Morgan fingerprint density at radius 3 is 2.61 bits per heavy atom. The zero-order valence-electron chi connectivity index (χ0n) is 15.2. The van der Waals surface area contributed by atoms with Crippen LogP contribution in [-0.4, -0.2) is 30.6 Å². The Bertz CT molecular complexity index is 1000. The summed E-state index contributed by atoms with van der Waals surface area (Å²) in [6.07, 6.45) is 0. The Labute approximate surface area is 164 Å². The highest BCUT2D eigenvalue weighted by atomic mass is 32.1. The van der Waals surface area contributed by atoms with Crippen LogP contribution in [0.1, 0.15) is 27.0 Å². The number of nitrogens with zero attached hydrogens (tertiary/aromatic N) is 1. The van der Waals surface area contributed by atoms with Crippen molar-refractivity contribution in [1.29, 1.82) is 0 Å². The number of benzene rings is 2. The molecule has 3 aromatic rings. The van der Waals surface area contributed by atoms with Gasteiger partial charge in [0.05, 0.1) is 25.0 Å². The number of hydrogen-bond acceptors (Lipinski definition) is 6. The SMILES string of the molecule is CCOC(=O)c1sc(NC(=O)c2cc(F)ccc2OC)nc1-c1ccccc1. The minimum Gasteiger partial charge on any atom is -0.496 e. The van der Waals surface area contributed by atoms with Gasteiger partial charge in [0.15, 0.2) is 5.13 Å². The van der Waals surface area contributed by atoms with Crippen LogP contribution < -0.4 is 10.1 Å². The second kappa shape index (κ2) is 8.62. The second-order valence-electron chi connectivity index (χ2n) is 5.58. The van der Waals surface area contributed by atoms with Gasteiger partial charge in [-0.05, 0) is 25.1 Å². The van der Waals surface area contributed by atoms with Crippen molar-refractivity contribution in [2.24, 2.45) is 0 Å². The Balaban J connectivity index is 1.96. The lowest BCUT2D eigenvalue weighted by molar-refractivity contribution is 0.0532. The highest BCUT2D eigenvalue weighted by Crippen LogP contribution is 2.32. The fraction of sp³-hybridized carbons (Fsp3) is 0.150. The van der Waals surface area contributed by atoms with Gasteiger partial charge in [-0.2, -0.15) is 0 Å². The van der Waals surface area contributed by atoms with E-state index in [4.69, 9.17) is 9.47 Å². The summed E-state index contributed by atoms with van der Waals surface area (Å²) in [5, 5.41) is 2.79. The van der Waals surface area contributed by atoms with Crippen LogP contribution in [0, 0.1) is 5.82 Å². The fourth-order valence-corrected chi connectivity index (χ4v) is 3.40. The molecule has 2 aromatic carbocycles. The molecule has 0 unspecified atom stereocenters. The summed E-state index contributed by atoms with van der Waals surface area (Å²) in [6, 6.07) is 12.7. The molecule has 0 aliphatic carbocycles. The average Bonchev–Trinajstić information content (AvgIpc) is 3.12. The molecule has 1 aromatic heterocycles. The van der Waals surface area contributed by atoms with Gasteiger partial charge in [0.25, 0.3) is 5.91 Å². The molecule has 0 bridgehead atoms. The minimum atomic E-state index is -0.597. The lowest BCUT2D eigenvalue weighted by Crippen LogP contribution is -2.13. The van der Waals surface area contributed by atoms with Crippen molar-refractivity contribution < 1.29 is 23.5 Å². The molecule has 0 saturated heterocycles. The zero-order chi connectivity index (χ0) is 20.1. The van der Waals surface area contributed by atoms with E-state index in [0.29, 0.717) is 11.3 Å². The van der Waals surface area contributed by atoms with Gasteiger partial charge in [0.2, 0.25) is 0 Å². The average molecular weight is 400 g/mol. The van der Waals surface area contributed by atoms with Gasteiger partial charge >= 0.3 is 5.97 Å². The lowest BCUT2D eigenvalue weighted by atomic mass is 10.1. The standard InChI is InChI=1S/C20H17FN2O4S/c1-3-27-19(25)17-16(12-7-5-4-6-8-12)22-20(28-17)23-18(24)14-11-13(21)9-10-15(14)26-2/h4-11H,3H2,1-2H3,(H,22,23,24). The molecular weight excluding hydrogens is 383 g/mol. The van der Waals surface area contributed by atoms with E-state index >= 15 is 0 Å². The summed E-state index contributed by atoms with van der Waals surface area (Å²) in [6.45, 7) is 1.92. The predicted molar refractivity (Wildman–Crippen MR) is 104 cm³/mol. The van der Waals surface area contributed by atoms with Crippen LogP contribution >= 0.6 is 11.3 Å². The van der Waals surface area contributed by atoms with E-state index in [1.54, 1.807) is 19.1 Å². The number of methoxy groups -OCH3 is 1. The molecule has 3 rings (SSSR count). The van der Waals surface area contributed by atoms with Crippen LogP contribution in [0.2, 0.25) is 0 Å². The second-order valence-corrected chi connectivity index (χ2v) is 6.58. The van der Waals surface area contributed by atoms with Crippen LogP contribution in [0.3, 0.4) is 0 Å². The smallest absolute Gasteiger partial charge is 0.350 e. The molecule has 1 heterocycles. The van der Waals surface area contributed by atoms with E-state index in [1.165, 1.54) is 19.2 Å². The van der Waals surface area contributed by atoms with Gasteiger partial charge in [0.1, 0.15) is 16.4 Å². The van der Waals surface area contributed by atoms with Crippen LogP contribution in [0.5, 0.6) is 5.75 Å². The number of carbonyl (C=O) groups excluding carboxylic acids is 2. The molecule has 1 N–H and O–H groups in total. The number of esters is 1. The molecule has 0 radical (unpaired) electrons. The zero-order valence-corrected chi connectivity index (χ0v) is 16.0. The fourth-order valence-electron chi connectivity index (χ4n) is 2.52. The van der Waals surface area contributed by atoms with Crippen molar-refractivity contribution in [2.75, 3.05) is 19.0 Å². The van der Waals surface area contributed by atoms with Crippen LogP contribution in [0.25, 0.3) is 11.3 Å². The largest absolute Gasteiger partial charge is 0.496 e. The van der Waals surface area contributed by atoms with Crippen molar-refractivity contribution in [1.82, 2.24) is 4.98 Å². The quantitative estimate of drug-likeness (QED) is 0.621. The van der Waals surface area contributed by atoms with E-state index in [2.05, 4.69) is 10.3 Å². The number of hydrogen-bond donors (Lipinski definition) is 1. The minimum absolute atomic E-state index is 0.0247. The van der Waals surface area contributed by atoms with Crippen molar-refractivity contribution in [3.63, 3.8) is 0 Å². The number of aromatic nitrogens is 1. The Morgan fingerprint density at radius 1 is 1.18 bits per heavy atom. The van der Waals surface area contributed by atoms with Gasteiger partial charge in [-0.25, -0.2) is 14.2 Å². The Kier molecular flexibility index (Phi) is 6.00. The number of thiazole rings is 1. The van der Waals surface area contributed by atoms with E-state index in [-0.39, 0.29) is 27.9 Å². The number of amides is 1.